The van der Waals surface area contributed by atoms with Crippen LogP contribution in [0, 0.1) is 10.1 Å². The number of amides is 1. The molecule has 0 atom stereocenters. The predicted molar refractivity (Wildman–Crippen MR) is 120 cm³/mol. The summed E-state index contributed by atoms with van der Waals surface area (Å²) in [6.07, 6.45) is 0. The van der Waals surface area contributed by atoms with Gasteiger partial charge in [-0.05, 0) is 55.5 Å². The molecule has 3 rings (SSSR count). The van der Waals surface area contributed by atoms with E-state index >= 15 is 0 Å². The van der Waals surface area contributed by atoms with Gasteiger partial charge in [0.15, 0.2) is 5.78 Å². The van der Waals surface area contributed by atoms with Gasteiger partial charge < -0.3 is 10.1 Å². The fourth-order valence-electron chi connectivity index (χ4n) is 2.76. The Morgan fingerprint density at radius 3 is 2.45 bits per heavy atom. The van der Waals surface area contributed by atoms with Crippen molar-refractivity contribution in [1.82, 2.24) is 0 Å². The molecule has 0 aliphatic heterocycles. The van der Waals surface area contributed by atoms with Crippen LogP contribution in [0.4, 0.5) is 11.4 Å². The number of nitro benzene ring substituents is 1. The van der Waals surface area contributed by atoms with Crippen molar-refractivity contribution in [2.24, 2.45) is 0 Å². The van der Waals surface area contributed by atoms with Gasteiger partial charge in [0.05, 0.1) is 17.3 Å². The van der Waals surface area contributed by atoms with Crippen LogP contribution >= 0.6 is 11.8 Å². The lowest BCUT2D eigenvalue weighted by molar-refractivity contribution is -0.384. The highest BCUT2D eigenvalue weighted by Gasteiger charge is 2.12. The number of hydrogen-bond acceptors (Lipinski definition) is 6. The molecule has 1 amide bonds. The van der Waals surface area contributed by atoms with E-state index in [1.807, 2.05) is 13.0 Å². The molecule has 7 nitrogen and oxygen atoms in total. The molecule has 8 heteroatoms. The molecule has 1 N–H and O–H groups in total. The molecule has 0 spiro atoms. The van der Waals surface area contributed by atoms with E-state index in [1.165, 1.54) is 36.0 Å². The van der Waals surface area contributed by atoms with Gasteiger partial charge in [0, 0.05) is 33.8 Å². The number of hydrogen-bond donors (Lipinski definition) is 1. The molecule has 0 fully saturated rings. The minimum absolute atomic E-state index is 0.0147. The average Bonchev–Trinajstić information content (AvgIpc) is 2.78. The highest BCUT2D eigenvalue weighted by atomic mass is 32.2. The largest absolute Gasteiger partial charge is 0.494 e. The molecule has 0 saturated heterocycles. The second-order valence-electron chi connectivity index (χ2n) is 6.46. The van der Waals surface area contributed by atoms with Crippen molar-refractivity contribution in [1.29, 1.82) is 0 Å². The molecule has 0 aliphatic rings. The zero-order valence-electron chi connectivity index (χ0n) is 16.7. The van der Waals surface area contributed by atoms with Crippen LogP contribution in [-0.2, 0) is 0 Å². The third-order valence-corrected chi connectivity index (χ3v) is 5.26. The number of carbonyl (C=O) groups excluding carboxylic acids is 2. The summed E-state index contributed by atoms with van der Waals surface area (Å²) in [4.78, 5) is 36.0. The molecule has 0 aliphatic carbocycles. The van der Waals surface area contributed by atoms with Crippen LogP contribution in [0.25, 0.3) is 0 Å². The maximum Gasteiger partial charge on any atom is 0.270 e. The van der Waals surface area contributed by atoms with Crippen molar-refractivity contribution >= 4 is 34.8 Å². The number of Topliss-reactive ketones (excluding diaryl/α,β-unsaturated/α-hetero) is 1. The summed E-state index contributed by atoms with van der Waals surface area (Å²) in [5.74, 6) is 0.505. The molecule has 31 heavy (non-hydrogen) atoms. The minimum Gasteiger partial charge on any atom is -0.494 e. The number of thioether (sulfide) groups is 1. The van der Waals surface area contributed by atoms with Gasteiger partial charge in [-0.1, -0.05) is 12.1 Å². The SMILES string of the molecule is CCOc1ccc(C(=O)CSc2cccc(NC(=O)c3cccc([N+](=O)[O-])c3)c2)cc1. The van der Waals surface area contributed by atoms with Gasteiger partial charge in [-0.3, -0.25) is 19.7 Å². The number of nitro groups is 1. The first-order valence-corrected chi connectivity index (χ1v) is 10.5. The molecule has 0 saturated carbocycles. The number of non-ortho nitro benzene ring substituents is 1. The van der Waals surface area contributed by atoms with Crippen LogP contribution < -0.4 is 10.1 Å². The van der Waals surface area contributed by atoms with E-state index in [-0.39, 0.29) is 22.8 Å². The van der Waals surface area contributed by atoms with E-state index in [0.717, 1.165) is 10.6 Å². The highest BCUT2D eigenvalue weighted by molar-refractivity contribution is 8.00. The van der Waals surface area contributed by atoms with E-state index in [0.29, 0.717) is 17.9 Å². The minimum atomic E-state index is -0.546. The number of carbonyl (C=O) groups is 2. The maximum absolute atomic E-state index is 12.4. The molecular formula is C23H20N2O5S. The molecule has 3 aromatic carbocycles. The smallest absolute Gasteiger partial charge is 0.270 e. The summed E-state index contributed by atoms with van der Waals surface area (Å²) < 4.78 is 5.38. The lowest BCUT2D eigenvalue weighted by atomic mass is 10.1. The fourth-order valence-corrected chi connectivity index (χ4v) is 3.61. The van der Waals surface area contributed by atoms with E-state index in [4.69, 9.17) is 4.74 Å². The van der Waals surface area contributed by atoms with Gasteiger partial charge in [0.25, 0.3) is 11.6 Å². The molecular weight excluding hydrogens is 416 g/mol. The molecule has 0 radical (unpaired) electrons. The topological polar surface area (TPSA) is 98.5 Å². The Bertz CT molecular complexity index is 1100. The Morgan fingerprint density at radius 1 is 1.00 bits per heavy atom. The van der Waals surface area contributed by atoms with Crippen LogP contribution in [0.2, 0.25) is 0 Å². The summed E-state index contributed by atoms with van der Waals surface area (Å²) in [5.41, 5.74) is 1.18. The molecule has 0 bridgehead atoms. The number of rotatable bonds is 9. The Kier molecular flexibility index (Phi) is 7.40. The van der Waals surface area contributed by atoms with Crippen molar-refractivity contribution in [2.75, 3.05) is 17.7 Å². The van der Waals surface area contributed by atoms with Crippen LogP contribution in [0.3, 0.4) is 0 Å². The molecule has 158 valence electrons. The van der Waals surface area contributed by atoms with Crippen LogP contribution in [-0.4, -0.2) is 29.0 Å². The van der Waals surface area contributed by atoms with E-state index in [9.17, 15) is 19.7 Å². The number of ketones is 1. The van der Waals surface area contributed by atoms with Crippen LogP contribution in [0.1, 0.15) is 27.6 Å². The first kappa shape index (κ1) is 22.0. The third kappa shape index (κ3) is 6.16. The predicted octanol–water partition coefficient (Wildman–Crippen LogP) is 5.22. The summed E-state index contributed by atoms with van der Waals surface area (Å²) in [7, 11) is 0. The van der Waals surface area contributed by atoms with Crippen LogP contribution in [0.5, 0.6) is 5.75 Å². The maximum atomic E-state index is 12.4. The number of benzene rings is 3. The lowest BCUT2D eigenvalue weighted by Crippen LogP contribution is -2.12. The average molecular weight is 436 g/mol. The fraction of sp³-hybridized carbons (Fsp3) is 0.130. The summed E-state index contributed by atoms with van der Waals surface area (Å²) in [5, 5.41) is 13.6. The highest BCUT2D eigenvalue weighted by Crippen LogP contribution is 2.24. The molecule has 0 heterocycles. The first-order valence-electron chi connectivity index (χ1n) is 9.51. The van der Waals surface area contributed by atoms with E-state index < -0.39 is 10.8 Å². The molecule has 0 unspecified atom stereocenters. The summed E-state index contributed by atoms with van der Waals surface area (Å²) in [6.45, 7) is 2.47. The Morgan fingerprint density at radius 2 is 1.74 bits per heavy atom. The number of anilines is 1. The molecule has 3 aromatic rings. The van der Waals surface area contributed by atoms with E-state index in [1.54, 1.807) is 42.5 Å². The summed E-state index contributed by atoms with van der Waals surface area (Å²) >= 11 is 1.36. The Hall–Kier alpha value is -3.65. The van der Waals surface area contributed by atoms with Gasteiger partial charge in [0.1, 0.15) is 5.75 Å². The first-order chi connectivity index (χ1) is 15.0. The monoisotopic (exact) mass is 436 g/mol. The third-order valence-electron chi connectivity index (χ3n) is 4.27. The zero-order chi connectivity index (χ0) is 22.2. The number of ether oxygens (including phenoxy) is 1. The van der Waals surface area contributed by atoms with Crippen LogP contribution in [0.15, 0.2) is 77.7 Å². The zero-order valence-corrected chi connectivity index (χ0v) is 17.6. The normalized spacial score (nSPS) is 10.4. The van der Waals surface area contributed by atoms with Gasteiger partial charge in [0.2, 0.25) is 0 Å². The number of nitrogens with one attached hydrogen (secondary N) is 1. The lowest BCUT2D eigenvalue weighted by Gasteiger charge is -2.08. The van der Waals surface area contributed by atoms with Crippen molar-refractivity contribution in [3.63, 3.8) is 0 Å². The Labute approximate surface area is 183 Å². The Balaban J connectivity index is 1.61. The second kappa shape index (κ2) is 10.4. The molecule has 0 aromatic heterocycles. The van der Waals surface area contributed by atoms with Gasteiger partial charge in [-0.25, -0.2) is 0 Å². The quantitative estimate of drug-likeness (QED) is 0.214. The second-order valence-corrected chi connectivity index (χ2v) is 7.51. The summed E-state index contributed by atoms with van der Waals surface area (Å²) in [6, 6.07) is 19.6. The van der Waals surface area contributed by atoms with Crippen molar-refractivity contribution in [3.8, 4) is 5.75 Å². The van der Waals surface area contributed by atoms with Crippen molar-refractivity contribution in [2.45, 2.75) is 11.8 Å². The van der Waals surface area contributed by atoms with Gasteiger partial charge >= 0.3 is 0 Å². The van der Waals surface area contributed by atoms with Crippen molar-refractivity contribution in [3.05, 3.63) is 94.0 Å². The van der Waals surface area contributed by atoms with Crippen molar-refractivity contribution < 1.29 is 19.2 Å². The van der Waals surface area contributed by atoms with Gasteiger partial charge in [-0.15, -0.1) is 11.8 Å². The van der Waals surface area contributed by atoms with Gasteiger partial charge in [-0.2, -0.15) is 0 Å². The number of nitrogens with zero attached hydrogens (tertiary/aromatic N) is 1. The van der Waals surface area contributed by atoms with E-state index in [2.05, 4.69) is 5.32 Å². The standard InChI is InChI=1S/C23H20N2O5S/c1-2-30-20-11-9-16(10-12-20)22(26)15-31-21-8-4-6-18(14-21)24-23(27)17-5-3-7-19(13-17)25(28)29/h3-14H,2,15H2,1H3,(H,24,27).